The first kappa shape index (κ1) is 18.5. The van der Waals surface area contributed by atoms with Gasteiger partial charge < -0.3 is 10.6 Å². The summed E-state index contributed by atoms with van der Waals surface area (Å²) in [4.78, 5) is 8.29. The topological polar surface area (TPSA) is 78.0 Å². The summed E-state index contributed by atoms with van der Waals surface area (Å²) in [6, 6.07) is 11.3. The lowest BCUT2D eigenvalue weighted by molar-refractivity contribution is 0.583. The molecule has 0 saturated heterocycles. The second-order valence-corrected chi connectivity index (χ2v) is 5.87. The summed E-state index contributed by atoms with van der Waals surface area (Å²) in [7, 11) is 1.66. The summed E-state index contributed by atoms with van der Waals surface area (Å²) in [5.74, 6) is 0.430. The summed E-state index contributed by atoms with van der Waals surface area (Å²) in [6.45, 7) is 0.980. The minimum atomic E-state index is -0.444. The van der Waals surface area contributed by atoms with E-state index in [2.05, 4.69) is 30.8 Å². The van der Waals surface area contributed by atoms with Gasteiger partial charge >= 0.3 is 0 Å². The van der Waals surface area contributed by atoms with E-state index in [1.54, 1.807) is 7.05 Å². The third kappa shape index (κ3) is 5.10. The molecule has 0 fully saturated rings. The molecule has 6 nitrogen and oxygen atoms in total. The van der Waals surface area contributed by atoms with Gasteiger partial charge in [0.2, 0.25) is 0 Å². The fourth-order valence-corrected chi connectivity index (χ4v) is 2.63. The summed E-state index contributed by atoms with van der Waals surface area (Å²) in [5, 5.41) is 13.0. The molecule has 0 unspecified atom stereocenters. The molecular formula is C19H20F2N6. The van der Waals surface area contributed by atoms with E-state index in [0.717, 1.165) is 23.3 Å². The predicted molar refractivity (Wildman–Crippen MR) is 100 cm³/mol. The van der Waals surface area contributed by atoms with Crippen molar-refractivity contribution in [3.8, 4) is 11.4 Å². The van der Waals surface area contributed by atoms with E-state index in [-0.39, 0.29) is 0 Å². The summed E-state index contributed by atoms with van der Waals surface area (Å²) in [5.41, 5.74) is 2.32. The van der Waals surface area contributed by atoms with Gasteiger partial charge in [0.05, 0.1) is 0 Å². The summed E-state index contributed by atoms with van der Waals surface area (Å²) in [6.07, 6.45) is 1.82. The minimum absolute atomic E-state index is 0.331. The normalized spacial score (nSPS) is 11.4. The standard InChI is InChI=1S/C19H20F2N6/c1-22-19(23-8-7-14-10-16(20)5-6-17(14)21)24-11-13-3-2-4-15(9-13)18-25-12-26-27-18/h2-6,9-10,12H,7-8,11H2,1H3,(H2,22,23,24)(H,25,26,27). The number of H-pyrrole nitrogens is 1. The van der Waals surface area contributed by atoms with Crippen LogP contribution in [0.3, 0.4) is 0 Å². The van der Waals surface area contributed by atoms with E-state index in [0.29, 0.717) is 36.9 Å². The maximum atomic E-state index is 13.6. The van der Waals surface area contributed by atoms with Gasteiger partial charge in [0.15, 0.2) is 11.8 Å². The zero-order valence-corrected chi connectivity index (χ0v) is 14.8. The molecule has 3 rings (SSSR count). The first-order valence-electron chi connectivity index (χ1n) is 8.49. The van der Waals surface area contributed by atoms with Gasteiger partial charge in [-0.25, -0.2) is 13.8 Å². The molecule has 3 aromatic rings. The number of hydrogen-bond donors (Lipinski definition) is 3. The van der Waals surface area contributed by atoms with Gasteiger partial charge in [0.25, 0.3) is 0 Å². The Bertz CT molecular complexity index is 908. The van der Waals surface area contributed by atoms with Crippen molar-refractivity contribution in [2.45, 2.75) is 13.0 Å². The van der Waals surface area contributed by atoms with Crippen LogP contribution in [-0.2, 0) is 13.0 Å². The summed E-state index contributed by atoms with van der Waals surface area (Å²) >= 11 is 0. The van der Waals surface area contributed by atoms with Crippen LogP contribution in [0, 0.1) is 11.6 Å². The third-order valence-corrected chi connectivity index (χ3v) is 3.99. The Hall–Kier alpha value is -3.29. The zero-order chi connectivity index (χ0) is 19.1. The molecule has 8 heteroatoms. The Labute approximate surface area is 155 Å². The van der Waals surface area contributed by atoms with Crippen molar-refractivity contribution in [1.82, 2.24) is 25.8 Å². The van der Waals surface area contributed by atoms with Gasteiger partial charge in [-0.1, -0.05) is 18.2 Å². The molecule has 140 valence electrons. The van der Waals surface area contributed by atoms with Gasteiger partial charge in [-0.05, 0) is 41.8 Å². The first-order chi connectivity index (χ1) is 13.2. The number of rotatable bonds is 6. The van der Waals surface area contributed by atoms with E-state index in [1.165, 1.54) is 12.4 Å². The number of hydrogen-bond acceptors (Lipinski definition) is 3. The van der Waals surface area contributed by atoms with Crippen molar-refractivity contribution in [2.24, 2.45) is 4.99 Å². The van der Waals surface area contributed by atoms with E-state index in [9.17, 15) is 8.78 Å². The molecule has 0 atom stereocenters. The van der Waals surface area contributed by atoms with Gasteiger partial charge in [0.1, 0.15) is 18.0 Å². The van der Waals surface area contributed by atoms with Crippen molar-refractivity contribution in [2.75, 3.05) is 13.6 Å². The van der Waals surface area contributed by atoms with Crippen LogP contribution in [0.5, 0.6) is 0 Å². The number of nitrogens with zero attached hydrogens (tertiary/aromatic N) is 3. The first-order valence-corrected chi connectivity index (χ1v) is 8.49. The molecule has 0 amide bonds. The molecule has 0 saturated carbocycles. The minimum Gasteiger partial charge on any atom is -0.356 e. The van der Waals surface area contributed by atoms with Crippen molar-refractivity contribution in [3.05, 3.63) is 71.6 Å². The highest BCUT2D eigenvalue weighted by atomic mass is 19.1. The molecule has 0 spiro atoms. The number of aromatic amines is 1. The molecule has 0 radical (unpaired) electrons. The van der Waals surface area contributed by atoms with E-state index in [1.807, 2.05) is 24.3 Å². The predicted octanol–water partition coefficient (Wildman–Crippen LogP) is 2.66. The Morgan fingerprint density at radius 3 is 2.81 bits per heavy atom. The number of aromatic nitrogens is 3. The van der Waals surface area contributed by atoms with Gasteiger partial charge in [0, 0.05) is 25.7 Å². The van der Waals surface area contributed by atoms with Crippen molar-refractivity contribution in [3.63, 3.8) is 0 Å². The lowest BCUT2D eigenvalue weighted by Crippen LogP contribution is -2.37. The van der Waals surface area contributed by atoms with Crippen molar-refractivity contribution < 1.29 is 8.78 Å². The van der Waals surface area contributed by atoms with Gasteiger partial charge in [-0.3, -0.25) is 10.1 Å². The Morgan fingerprint density at radius 1 is 1.15 bits per heavy atom. The second-order valence-electron chi connectivity index (χ2n) is 5.87. The largest absolute Gasteiger partial charge is 0.356 e. The highest BCUT2D eigenvalue weighted by molar-refractivity contribution is 5.79. The van der Waals surface area contributed by atoms with Crippen LogP contribution >= 0.6 is 0 Å². The van der Waals surface area contributed by atoms with Crippen LogP contribution in [-0.4, -0.2) is 34.7 Å². The van der Waals surface area contributed by atoms with Crippen LogP contribution in [0.1, 0.15) is 11.1 Å². The molecule has 0 aliphatic carbocycles. The number of benzene rings is 2. The molecule has 0 aliphatic heterocycles. The highest BCUT2D eigenvalue weighted by Gasteiger charge is 2.06. The van der Waals surface area contributed by atoms with Crippen molar-refractivity contribution in [1.29, 1.82) is 0 Å². The Balaban J connectivity index is 1.52. The van der Waals surface area contributed by atoms with Crippen molar-refractivity contribution >= 4 is 5.96 Å². The molecule has 3 N–H and O–H groups in total. The van der Waals surface area contributed by atoms with Crippen LogP contribution < -0.4 is 10.6 Å². The zero-order valence-electron chi connectivity index (χ0n) is 14.8. The van der Waals surface area contributed by atoms with Crippen LogP contribution in [0.15, 0.2) is 53.8 Å². The third-order valence-electron chi connectivity index (χ3n) is 3.99. The highest BCUT2D eigenvalue weighted by Crippen LogP contribution is 2.15. The Kier molecular flexibility index (Phi) is 6.09. The van der Waals surface area contributed by atoms with E-state index >= 15 is 0 Å². The smallest absolute Gasteiger partial charge is 0.191 e. The van der Waals surface area contributed by atoms with Crippen LogP contribution in [0.4, 0.5) is 8.78 Å². The van der Waals surface area contributed by atoms with Crippen LogP contribution in [0.25, 0.3) is 11.4 Å². The number of guanidine groups is 1. The number of nitrogens with one attached hydrogen (secondary N) is 3. The lowest BCUT2D eigenvalue weighted by atomic mass is 10.1. The fraction of sp³-hybridized carbons (Fsp3) is 0.211. The molecule has 27 heavy (non-hydrogen) atoms. The average Bonchev–Trinajstić information content (AvgIpc) is 3.22. The monoisotopic (exact) mass is 370 g/mol. The van der Waals surface area contributed by atoms with Crippen LogP contribution in [0.2, 0.25) is 0 Å². The summed E-state index contributed by atoms with van der Waals surface area (Å²) < 4.78 is 26.9. The molecule has 0 bridgehead atoms. The second kappa shape index (κ2) is 8.88. The molecule has 0 aliphatic rings. The molecule has 1 heterocycles. The maximum absolute atomic E-state index is 13.6. The quantitative estimate of drug-likeness (QED) is 0.460. The Morgan fingerprint density at radius 2 is 2.04 bits per heavy atom. The average molecular weight is 370 g/mol. The van der Waals surface area contributed by atoms with E-state index in [4.69, 9.17) is 0 Å². The molecule has 1 aromatic heterocycles. The fourth-order valence-electron chi connectivity index (χ4n) is 2.63. The molecular weight excluding hydrogens is 350 g/mol. The van der Waals surface area contributed by atoms with Gasteiger partial charge in [-0.15, -0.1) is 0 Å². The van der Waals surface area contributed by atoms with E-state index < -0.39 is 11.6 Å². The SMILES string of the molecule is CN=C(NCCc1cc(F)ccc1F)NCc1cccc(-c2ncn[nH]2)c1. The lowest BCUT2D eigenvalue weighted by Gasteiger charge is -2.12. The number of aliphatic imine (C=N–C) groups is 1. The number of halogens is 2. The molecule has 2 aromatic carbocycles. The van der Waals surface area contributed by atoms with Gasteiger partial charge in [-0.2, -0.15) is 5.10 Å². The maximum Gasteiger partial charge on any atom is 0.191 e.